The van der Waals surface area contributed by atoms with Crippen molar-refractivity contribution in [3.8, 4) is 0 Å². The second-order valence-electron chi connectivity index (χ2n) is 0.936. The van der Waals surface area contributed by atoms with Crippen molar-refractivity contribution in [3.63, 3.8) is 0 Å². The van der Waals surface area contributed by atoms with E-state index in [1.165, 1.54) is 0 Å². The van der Waals surface area contributed by atoms with Gasteiger partial charge in [0.2, 0.25) is 0 Å². The van der Waals surface area contributed by atoms with Gasteiger partial charge >= 0.3 is 6.03 Å². The van der Waals surface area contributed by atoms with Gasteiger partial charge in [0.05, 0.1) is 0 Å². The molecule has 0 rings (SSSR count). The van der Waals surface area contributed by atoms with Crippen LogP contribution < -0.4 is 11.1 Å². The van der Waals surface area contributed by atoms with Crippen LogP contribution in [0.4, 0.5) is 4.79 Å². The number of amides is 2. The predicted octanol–water partition coefficient (Wildman–Crippen LogP) is -0.316. The van der Waals surface area contributed by atoms with Crippen LogP contribution >= 0.6 is 0 Å². The van der Waals surface area contributed by atoms with Crippen molar-refractivity contribution in [2.45, 2.75) is 0 Å². The van der Waals surface area contributed by atoms with Gasteiger partial charge < -0.3 is 10.8 Å². The quantitative estimate of drug-likeness (QED) is 0.397. The Labute approximate surface area is 40.6 Å². The molecule has 0 spiro atoms. The zero-order valence-electron chi connectivity index (χ0n) is 3.64. The zero-order chi connectivity index (χ0) is 5.86. The molecule has 40 valence electrons. The second-order valence-corrected chi connectivity index (χ2v) is 0.936. The molecule has 4 N–H and O–H groups in total. The van der Waals surface area contributed by atoms with Crippen LogP contribution in [0.3, 0.4) is 0 Å². The number of carbonyl (C=O) groups is 1. The first kappa shape index (κ1) is 5.81. The van der Waals surface area contributed by atoms with Gasteiger partial charge in [0.25, 0.3) is 0 Å². The summed E-state index contributed by atoms with van der Waals surface area (Å²) in [6, 6.07) is -0.812. The Balaban J connectivity index is 3.32. The van der Waals surface area contributed by atoms with E-state index < -0.39 is 11.9 Å². The number of aliphatic hydroxyl groups excluding tert-OH is 1. The lowest BCUT2D eigenvalue weighted by Crippen LogP contribution is -2.27. The summed E-state index contributed by atoms with van der Waals surface area (Å²) in [5.41, 5.74) is 4.52. The summed E-state index contributed by atoms with van der Waals surface area (Å²) < 4.78 is 0. The highest BCUT2D eigenvalue weighted by atomic mass is 16.3. The minimum atomic E-state index is -0.812. The molecule has 4 heteroatoms. The van der Waals surface area contributed by atoms with Crippen LogP contribution in [0, 0.1) is 0 Å². The smallest absolute Gasteiger partial charge is 0.318 e. The van der Waals surface area contributed by atoms with Gasteiger partial charge in [0.15, 0.2) is 5.88 Å². The largest absolute Gasteiger partial charge is 0.495 e. The maximum Gasteiger partial charge on any atom is 0.318 e. The van der Waals surface area contributed by atoms with E-state index in [4.69, 9.17) is 5.11 Å². The minimum Gasteiger partial charge on any atom is -0.495 e. The van der Waals surface area contributed by atoms with E-state index in [1.54, 1.807) is 5.32 Å². The summed E-state index contributed by atoms with van der Waals surface area (Å²) in [7, 11) is 0. The van der Waals surface area contributed by atoms with Crippen molar-refractivity contribution in [2.75, 3.05) is 0 Å². The van der Waals surface area contributed by atoms with Gasteiger partial charge in [-0.25, -0.2) is 4.79 Å². The summed E-state index contributed by atoms with van der Waals surface area (Å²) >= 11 is 0. The Bertz CT molecular complexity index is 87.1. The molecule has 4 nitrogen and oxygen atoms in total. The third kappa shape index (κ3) is 4.81. The molecule has 0 atom stereocenters. The van der Waals surface area contributed by atoms with Crippen LogP contribution in [-0.2, 0) is 0 Å². The van der Waals surface area contributed by atoms with Crippen LogP contribution in [-0.4, -0.2) is 11.1 Å². The van der Waals surface area contributed by atoms with Gasteiger partial charge in [0, 0.05) is 0 Å². The van der Waals surface area contributed by atoms with E-state index >= 15 is 0 Å². The van der Waals surface area contributed by atoms with E-state index in [1.807, 2.05) is 0 Å². The highest BCUT2D eigenvalue weighted by molar-refractivity contribution is 5.73. The second kappa shape index (κ2) is 2.07. The van der Waals surface area contributed by atoms with Gasteiger partial charge in [-0.15, -0.1) is 0 Å². The molecule has 0 heterocycles. The third-order valence-electron chi connectivity index (χ3n) is 0.267. The molecular weight excluding hydrogens is 96.0 g/mol. The first-order valence-corrected chi connectivity index (χ1v) is 1.57. The van der Waals surface area contributed by atoms with E-state index in [0.717, 1.165) is 0 Å². The maximum absolute atomic E-state index is 9.70. The van der Waals surface area contributed by atoms with E-state index in [-0.39, 0.29) is 0 Å². The Hall–Kier alpha value is -1.19. The highest BCUT2D eigenvalue weighted by Gasteiger charge is 1.87. The summed E-state index contributed by atoms with van der Waals surface area (Å²) in [5, 5.41) is 9.92. The summed E-state index contributed by atoms with van der Waals surface area (Å²) in [4.78, 5) is 9.70. The monoisotopic (exact) mass is 102 g/mol. The lowest BCUT2D eigenvalue weighted by atomic mass is 10.8. The summed E-state index contributed by atoms with van der Waals surface area (Å²) in [6.45, 7) is 2.94. The molecule has 0 unspecified atom stereocenters. The van der Waals surface area contributed by atoms with Crippen LogP contribution in [0.15, 0.2) is 12.5 Å². The molecule has 0 saturated heterocycles. The molecule has 0 bridgehead atoms. The predicted molar refractivity (Wildman–Crippen MR) is 24.5 cm³/mol. The number of nitrogens with two attached hydrogens (primary N) is 1. The van der Waals surface area contributed by atoms with Gasteiger partial charge in [0.1, 0.15) is 0 Å². The van der Waals surface area contributed by atoms with Crippen molar-refractivity contribution in [1.82, 2.24) is 5.32 Å². The van der Waals surface area contributed by atoms with Crippen molar-refractivity contribution in [2.24, 2.45) is 5.73 Å². The molecule has 0 saturated carbocycles. The van der Waals surface area contributed by atoms with E-state index in [2.05, 4.69) is 12.3 Å². The van der Waals surface area contributed by atoms with E-state index in [0.29, 0.717) is 0 Å². The molecule has 0 radical (unpaired) electrons. The fourth-order valence-corrected chi connectivity index (χ4v) is 0.142. The summed E-state index contributed by atoms with van der Waals surface area (Å²) in [5.74, 6) is -0.437. The van der Waals surface area contributed by atoms with Crippen LogP contribution in [0.1, 0.15) is 0 Å². The van der Waals surface area contributed by atoms with E-state index in [9.17, 15) is 4.79 Å². The molecule has 0 aliphatic rings. The lowest BCUT2D eigenvalue weighted by molar-refractivity contribution is 0.244. The fraction of sp³-hybridized carbons (Fsp3) is 0. The van der Waals surface area contributed by atoms with Crippen molar-refractivity contribution < 1.29 is 9.90 Å². The number of primary amides is 1. The normalized spacial score (nSPS) is 7.43. The number of nitrogens with one attached hydrogen (secondary N) is 1. The first-order valence-electron chi connectivity index (χ1n) is 1.57. The number of hydrogen-bond acceptors (Lipinski definition) is 2. The molecule has 0 aromatic carbocycles. The van der Waals surface area contributed by atoms with Crippen LogP contribution in [0.25, 0.3) is 0 Å². The average Bonchev–Trinajstić information content (AvgIpc) is 1.27. The fourth-order valence-electron chi connectivity index (χ4n) is 0.142. The molecule has 7 heavy (non-hydrogen) atoms. The van der Waals surface area contributed by atoms with Crippen LogP contribution in [0.2, 0.25) is 0 Å². The SMILES string of the molecule is C=C(O)NC(N)=O. The topological polar surface area (TPSA) is 75.3 Å². The standard InChI is InChI=1S/C3H6N2O2/c1-2(6)5-3(4)7/h6H,1H2,(H3,4,5,7). The van der Waals surface area contributed by atoms with Crippen molar-refractivity contribution in [3.05, 3.63) is 12.5 Å². The molecule has 0 aromatic heterocycles. The highest BCUT2D eigenvalue weighted by Crippen LogP contribution is 1.67. The number of hydrogen-bond donors (Lipinski definition) is 3. The number of urea groups is 1. The first-order chi connectivity index (χ1) is 3.13. The number of rotatable bonds is 1. The lowest BCUT2D eigenvalue weighted by Gasteiger charge is -1.92. The molecule has 0 aliphatic heterocycles. The Morgan fingerprint density at radius 3 is 2.29 bits per heavy atom. The number of aliphatic hydroxyl groups is 1. The molecule has 2 amide bonds. The zero-order valence-corrected chi connectivity index (χ0v) is 3.64. The van der Waals surface area contributed by atoms with Gasteiger partial charge in [-0.05, 0) is 6.58 Å². The molecular formula is C3H6N2O2. The van der Waals surface area contributed by atoms with Gasteiger partial charge in [-0.1, -0.05) is 0 Å². The molecule has 0 aliphatic carbocycles. The van der Waals surface area contributed by atoms with Gasteiger partial charge in [-0.3, -0.25) is 5.32 Å². The Morgan fingerprint density at radius 1 is 1.86 bits per heavy atom. The average molecular weight is 102 g/mol. The van der Waals surface area contributed by atoms with Crippen LogP contribution in [0.5, 0.6) is 0 Å². The maximum atomic E-state index is 9.70. The Kier molecular flexibility index (Phi) is 1.72. The summed E-state index contributed by atoms with van der Waals surface area (Å²) in [6.07, 6.45) is 0. The third-order valence-corrected chi connectivity index (χ3v) is 0.267. The molecule has 0 aromatic rings. The van der Waals surface area contributed by atoms with Crippen molar-refractivity contribution >= 4 is 6.03 Å². The molecule has 0 fully saturated rings. The number of carbonyl (C=O) groups excluding carboxylic acids is 1. The van der Waals surface area contributed by atoms with Crippen molar-refractivity contribution in [1.29, 1.82) is 0 Å². The Morgan fingerprint density at radius 2 is 2.29 bits per heavy atom. The minimum absolute atomic E-state index is 0.437. The van der Waals surface area contributed by atoms with Gasteiger partial charge in [-0.2, -0.15) is 0 Å².